The van der Waals surface area contributed by atoms with E-state index in [1.54, 1.807) is 4.72 Å². The van der Waals surface area contributed by atoms with E-state index in [9.17, 15) is 17.2 Å². The quantitative estimate of drug-likeness (QED) is 0.872. The van der Waals surface area contributed by atoms with Crippen LogP contribution in [0.25, 0.3) is 0 Å². The molecule has 0 bridgehead atoms. The lowest BCUT2D eigenvalue weighted by Gasteiger charge is -2.11. The number of sulfonamides is 1. The van der Waals surface area contributed by atoms with Crippen molar-refractivity contribution >= 4 is 33.2 Å². The fraction of sp³-hybridized carbons (Fsp3) is 0.333. The van der Waals surface area contributed by atoms with Crippen LogP contribution in [-0.4, -0.2) is 26.5 Å². The van der Waals surface area contributed by atoms with Gasteiger partial charge in [-0.05, 0) is 12.1 Å². The molecule has 2 N–H and O–H groups in total. The summed E-state index contributed by atoms with van der Waals surface area (Å²) in [6, 6.07) is 2.30. The molecule has 0 saturated heterocycles. The van der Waals surface area contributed by atoms with Crippen LogP contribution in [0.3, 0.4) is 0 Å². The molecule has 0 saturated carbocycles. The SMILES string of the molecule is O=S(=O)(NCC(F)F)c1ccc(Cl)c(CO)c1Cl. The fourth-order valence-corrected chi connectivity index (χ4v) is 3.08. The van der Waals surface area contributed by atoms with Gasteiger partial charge in [0.05, 0.1) is 18.2 Å². The number of halogens is 4. The molecule has 0 atom stereocenters. The number of rotatable bonds is 5. The minimum absolute atomic E-state index is 0.0262. The van der Waals surface area contributed by atoms with E-state index in [0.29, 0.717) is 0 Å². The van der Waals surface area contributed by atoms with Crippen molar-refractivity contribution in [1.82, 2.24) is 4.72 Å². The van der Waals surface area contributed by atoms with Gasteiger partial charge in [0.1, 0.15) is 4.90 Å². The first-order valence-corrected chi connectivity index (χ1v) is 6.89. The number of hydrogen-bond acceptors (Lipinski definition) is 3. The molecular formula is C9H9Cl2F2NO3S. The van der Waals surface area contributed by atoms with Crippen molar-refractivity contribution in [2.24, 2.45) is 0 Å². The first kappa shape index (κ1) is 15.6. The topological polar surface area (TPSA) is 66.4 Å². The molecule has 18 heavy (non-hydrogen) atoms. The van der Waals surface area contributed by atoms with E-state index < -0.39 is 34.5 Å². The molecule has 0 aliphatic rings. The highest BCUT2D eigenvalue weighted by atomic mass is 35.5. The lowest BCUT2D eigenvalue weighted by Crippen LogP contribution is -2.29. The summed E-state index contributed by atoms with van der Waals surface area (Å²) < 4.78 is 49.0. The van der Waals surface area contributed by atoms with E-state index in [-0.39, 0.29) is 15.6 Å². The minimum Gasteiger partial charge on any atom is -0.392 e. The average Bonchev–Trinajstić information content (AvgIpc) is 2.27. The Bertz CT molecular complexity index is 537. The normalized spacial score (nSPS) is 12.1. The Labute approximate surface area is 113 Å². The van der Waals surface area contributed by atoms with Crippen molar-refractivity contribution in [3.8, 4) is 0 Å². The zero-order chi connectivity index (χ0) is 13.9. The second-order valence-corrected chi connectivity index (χ2v) is 5.76. The molecule has 4 nitrogen and oxygen atoms in total. The second-order valence-electron chi connectivity index (χ2n) is 3.24. The van der Waals surface area contributed by atoms with Gasteiger partial charge in [-0.15, -0.1) is 0 Å². The summed E-state index contributed by atoms with van der Waals surface area (Å²) in [7, 11) is -4.17. The van der Waals surface area contributed by atoms with Gasteiger partial charge < -0.3 is 5.11 Å². The van der Waals surface area contributed by atoms with Crippen LogP contribution in [0.15, 0.2) is 17.0 Å². The van der Waals surface area contributed by atoms with Gasteiger partial charge in [0.15, 0.2) is 0 Å². The van der Waals surface area contributed by atoms with Crippen molar-refractivity contribution < 1.29 is 22.3 Å². The predicted octanol–water partition coefficient (Wildman–Crippen LogP) is 2.03. The van der Waals surface area contributed by atoms with E-state index in [1.807, 2.05) is 0 Å². The third kappa shape index (κ3) is 3.52. The van der Waals surface area contributed by atoms with Crippen LogP contribution in [-0.2, 0) is 16.6 Å². The van der Waals surface area contributed by atoms with Gasteiger partial charge in [-0.3, -0.25) is 0 Å². The van der Waals surface area contributed by atoms with Crippen molar-refractivity contribution in [2.75, 3.05) is 6.54 Å². The first-order chi connectivity index (χ1) is 8.29. The maximum absolute atomic E-state index is 12.0. The van der Waals surface area contributed by atoms with Gasteiger partial charge in [-0.1, -0.05) is 23.2 Å². The highest BCUT2D eigenvalue weighted by Gasteiger charge is 2.22. The summed E-state index contributed by atoms with van der Waals surface area (Å²) in [5, 5.41) is 8.81. The molecule has 0 amide bonds. The number of aliphatic hydroxyl groups excluding tert-OH is 1. The van der Waals surface area contributed by atoms with E-state index >= 15 is 0 Å². The van der Waals surface area contributed by atoms with Crippen LogP contribution in [0.1, 0.15) is 5.56 Å². The number of hydrogen-bond donors (Lipinski definition) is 2. The summed E-state index contributed by atoms with van der Waals surface area (Å²) in [6.45, 7) is -1.58. The Kier molecular flexibility index (Phi) is 5.30. The lowest BCUT2D eigenvalue weighted by molar-refractivity contribution is 0.153. The molecule has 0 fully saturated rings. The van der Waals surface area contributed by atoms with Crippen LogP contribution >= 0.6 is 23.2 Å². The van der Waals surface area contributed by atoms with Crippen LogP contribution in [0.4, 0.5) is 8.78 Å². The van der Waals surface area contributed by atoms with Crippen LogP contribution < -0.4 is 4.72 Å². The summed E-state index contributed by atoms with van der Waals surface area (Å²) in [5.41, 5.74) is 0.0262. The van der Waals surface area contributed by atoms with Gasteiger partial charge in [0, 0.05) is 10.6 Å². The van der Waals surface area contributed by atoms with Crippen LogP contribution in [0.2, 0.25) is 10.0 Å². The molecule has 1 aromatic rings. The standard InChI is InChI=1S/C9H9Cl2F2NO3S/c10-6-1-2-7(9(11)5(6)4-15)18(16,17)14-3-8(12)13/h1-2,8,14-15H,3-4H2. The molecule has 0 aliphatic heterocycles. The number of benzene rings is 1. The number of nitrogens with one attached hydrogen (secondary N) is 1. The van der Waals surface area contributed by atoms with E-state index in [2.05, 4.69) is 0 Å². The largest absolute Gasteiger partial charge is 0.392 e. The van der Waals surface area contributed by atoms with Crippen molar-refractivity contribution in [2.45, 2.75) is 17.9 Å². The molecule has 0 radical (unpaired) electrons. The molecule has 0 spiro atoms. The van der Waals surface area contributed by atoms with E-state index in [4.69, 9.17) is 28.3 Å². The van der Waals surface area contributed by atoms with Crippen LogP contribution in [0, 0.1) is 0 Å². The number of aliphatic hydroxyl groups is 1. The molecular weight excluding hydrogens is 311 g/mol. The Morgan fingerprint density at radius 3 is 2.44 bits per heavy atom. The molecule has 0 heterocycles. The fourth-order valence-electron chi connectivity index (χ4n) is 1.18. The molecule has 102 valence electrons. The molecule has 0 aromatic heterocycles. The zero-order valence-electron chi connectivity index (χ0n) is 8.83. The van der Waals surface area contributed by atoms with Gasteiger partial charge in [0.25, 0.3) is 6.43 Å². The van der Waals surface area contributed by atoms with Crippen molar-refractivity contribution in [3.63, 3.8) is 0 Å². The molecule has 0 aliphatic carbocycles. The average molecular weight is 320 g/mol. The van der Waals surface area contributed by atoms with E-state index in [0.717, 1.165) is 6.07 Å². The summed E-state index contributed by atoms with van der Waals surface area (Å²) >= 11 is 11.5. The van der Waals surface area contributed by atoms with Crippen molar-refractivity contribution in [1.29, 1.82) is 0 Å². The number of alkyl halides is 2. The van der Waals surface area contributed by atoms with Crippen LogP contribution in [0.5, 0.6) is 0 Å². The molecule has 9 heteroatoms. The highest BCUT2D eigenvalue weighted by Crippen LogP contribution is 2.30. The predicted molar refractivity (Wildman–Crippen MR) is 63.6 cm³/mol. The Morgan fingerprint density at radius 1 is 1.33 bits per heavy atom. The summed E-state index contributed by atoms with van der Waals surface area (Å²) in [5.74, 6) is 0. The molecule has 0 unspecified atom stereocenters. The van der Waals surface area contributed by atoms with Crippen molar-refractivity contribution in [3.05, 3.63) is 27.7 Å². The highest BCUT2D eigenvalue weighted by molar-refractivity contribution is 7.89. The summed E-state index contributed by atoms with van der Waals surface area (Å²) in [6.07, 6.45) is -2.82. The van der Waals surface area contributed by atoms with Gasteiger partial charge in [-0.2, -0.15) is 0 Å². The first-order valence-electron chi connectivity index (χ1n) is 4.65. The van der Waals surface area contributed by atoms with E-state index in [1.165, 1.54) is 6.07 Å². The smallest absolute Gasteiger partial charge is 0.251 e. The van der Waals surface area contributed by atoms with Gasteiger partial charge in [-0.25, -0.2) is 21.9 Å². The van der Waals surface area contributed by atoms with Gasteiger partial charge in [0.2, 0.25) is 10.0 Å². The maximum atomic E-state index is 12.0. The maximum Gasteiger partial charge on any atom is 0.251 e. The molecule has 1 rings (SSSR count). The Morgan fingerprint density at radius 2 is 1.94 bits per heavy atom. The minimum atomic E-state index is -4.17. The third-order valence-corrected chi connectivity index (χ3v) is 4.39. The third-order valence-electron chi connectivity index (χ3n) is 2.03. The Balaban J connectivity index is 3.17. The van der Waals surface area contributed by atoms with Gasteiger partial charge >= 0.3 is 0 Å². The second kappa shape index (κ2) is 6.12. The molecule has 1 aromatic carbocycles. The zero-order valence-corrected chi connectivity index (χ0v) is 11.2. The summed E-state index contributed by atoms with van der Waals surface area (Å²) in [4.78, 5) is -0.404. The Hall–Kier alpha value is -0.470. The lowest BCUT2D eigenvalue weighted by atomic mass is 10.2. The monoisotopic (exact) mass is 319 g/mol.